The van der Waals surface area contributed by atoms with E-state index in [-0.39, 0.29) is 30.8 Å². The summed E-state index contributed by atoms with van der Waals surface area (Å²) >= 11 is 0. The third kappa shape index (κ3) is 5.90. The molecule has 1 aromatic heterocycles. The first-order chi connectivity index (χ1) is 17.5. The van der Waals surface area contributed by atoms with E-state index in [1.54, 1.807) is 18.2 Å². The quantitative estimate of drug-likeness (QED) is 0.359. The molecule has 2 heterocycles. The lowest BCUT2D eigenvalue weighted by molar-refractivity contribution is 0.0941. The van der Waals surface area contributed by atoms with Crippen LogP contribution >= 0.6 is 0 Å². The van der Waals surface area contributed by atoms with Gasteiger partial charge in [-0.3, -0.25) is 9.69 Å². The van der Waals surface area contributed by atoms with Crippen molar-refractivity contribution in [3.05, 3.63) is 112 Å². The molecule has 0 bridgehead atoms. The van der Waals surface area contributed by atoms with Crippen molar-refractivity contribution in [3.8, 4) is 11.5 Å². The van der Waals surface area contributed by atoms with E-state index < -0.39 is 0 Å². The van der Waals surface area contributed by atoms with Crippen LogP contribution in [0.2, 0.25) is 0 Å². The molecule has 1 N–H and O–H groups in total. The lowest BCUT2D eigenvalue weighted by atomic mass is 10.1. The molecule has 8 heteroatoms. The van der Waals surface area contributed by atoms with Gasteiger partial charge in [-0.1, -0.05) is 53.2 Å². The van der Waals surface area contributed by atoms with Gasteiger partial charge in [0.05, 0.1) is 6.54 Å². The minimum Gasteiger partial charge on any atom is -0.454 e. The number of hydrogen-bond acceptors (Lipinski definition) is 6. The lowest BCUT2D eigenvalue weighted by Gasteiger charge is -2.21. The van der Waals surface area contributed by atoms with Crippen molar-refractivity contribution in [2.45, 2.75) is 33.1 Å². The average molecular weight is 488 g/mol. The molecule has 1 aliphatic rings. The predicted molar refractivity (Wildman–Crippen MR) is 131 cm³/mol. The summed E-state index contributed by atoms with van der Waals surface area (Å²) in [6, 6.07) is 21.9. The maximum atomic E-state index is 13.1. The van der Waals surface area contributed by atoms with Crippen LogP contribution in [0.3, 0.4) is 0 Å². The summed E-state index contributed by atoms with van der Waals surface area (Å²) in [4.78, 5) is 14.8. The Balaban J connectivity index is 1.27. The second kappa shape index (κ2) is 10.6. The summed E-state index contributed by atoms with van der Waals surface area (Å²) in [7, 11) is 0. The number of benzene rings is 3. The third-order valence-corrected chi connectivity index (χ3v) is 5.91. The van der Waals surface area contributed by atoms with E-state index in [1.165, 1.54) is 17.7 Å². The van der Waals surface area contributed by atoms with Crippen molar-refractivity contribution in [2.24, 2.45) is 0 Å². The van der Waals surface area contributed by atoms with E-state index in [1.807, 2.05) is 18.2 Å². The second-order valence-electron chi connectivity index (χ2n) is 8.81. The van der Waals surface area contributed by atoms with Gasteiger partial charge in [0.25, 0.3) is 5.91 Å². The van der Waals surface area contributed by atoms with Gasteiger partial charge in [0, 0.05) is 25.7 Å². The Morgan fingerprint density at radius 1 is 0.889 bits per heavy atom. The van der Waals surface area contributed by atoms with Crippen molar-refractivity contribution >= 4 is 5.91 Å². The largest absolute Gasteiger partial charge is 0.454 e. The topological polar surface area (TPSA) is 76.8 Å². The zero-order valence-electron chi connectivity index (χ0n) is 19.9. The van der Waals surface area contributed by atoms with Crippen LogP contribution in [0.25, 0.3) is 0 Å². The molecule has 0 radical (unpaired) electrons. The van der Waals surface area contributed by atoms with Gasteiger partial charge in [-0.05, 0) is 47.9 Å². The number of aromatic nitrogens is 1. The third-order valence-electron chi connectivity index (χ3n) is 5.91. The summed E-state index contributed by atoms with van der Waals surface area (Å²) in [5, 5.41) is 6.75. The molecule has 3 aromatic carbocycles. The van der Waals surface area contributed by atoms with E-state index in [2.05, 4.69) is 46.6 Å². The van der Waals surface area contributed by atoms with Crippen LogP contribution in [-0.4, -0.2) is 22.8 Å². The van der Waals surface area contributed by atoms with Gasteiger partial charge >= 0.3 is 0 Å². The molecule has 1 aliphatic heterocycles. The first-order valence-electron chi connectivity index (χ1n) is 11.7. The fourth-order valence-electron chi connectivity index (χ4n) is 4.01. The molecule has 5 rings (SSSR count). The Morgan fingerprint density at radius 2 is 1.58 bits per heavy atom. The highest BCUT2D eigenvalue weighted by atomic mass is 19.1. The van der Waals surface area contributed by atoms with Gasteiger partial charge in [0.15, 0.2) is 23.0 Å². The van der Waals surface area contributed by atoms with E-state index in [4.69, 9.17) is 14.0 Å². The number of rotatable bonds is 9. The van der Waals surface area contributed by atoms with Gasteiger partial charge in [-0.15, -0.1) is 0 Å². The summed E-state index contributed by atoms with van der Waals surface area (Å²) in [6.45, 7) is 4.34. The highest BCUT2D eigenvalue weighted by Crippen LogP contribution is 2.33. The highest BCUT2D eigenvalue weighted by molar-refractivity contribution is 5.92. The minimum atomic E-state index is -0.352. The summed E-state index contributed by atoms with van der Waals surface area (Å²) in [6.07, 6.45) is 0. The Bertz CT molecular complexity index is 1340. The van der Waals surface area contributed by atoms with E-state index in [9.17, 15) is 9.18 Å². The maximum Gasteiger partial charge on any atom is 0.273 e. The van der Waals surface area contributed by atoms with Crippen molar-refractivity contribution in [1.82, 2.24) is 15.4 Å². The van der Waals surface area contributed by atoms with Gasteiger partial charge < -0.3 is 19.3 Å². The smallest absolute Gasteiger partial charge is 0.273 e. The van der Waals surface area contributed by atoms with Crippen LogP contribution in [0.1, 0.15) is 38.5 Å². The van der Waals surface area contributed by atoms with E-state index >= 15 is 0 Å². The summed E-state index contributed by atoms with van der Waals surface area (Å²) in [5.74, 6) is 1.39. The molecule has 0 saturated carbocycles. The van der Waals surface area contributed by atoms with Gasteiger partial charge in [-0.25, -0.2) is 4.39 Å². The molecular weight excluding hydrogens is 461 g/mol. The number of amides is 1. The standard InChI is InChI=1S/C28H26FN3O4/c1-19-2-4-21(5-3-19)15-32(16-22-8-11-26-27(12-22)35-18-34-26)17-24-13-25(31-36-24)28(33)30-14-20-6-9-23(29)10-7-20/h2-13H,14-18H2,1H3,(H,30,33). The van der Waals surface area contributed by atoms with Crippen LogP contribution in [0.15, 0.2) is 77.3 Å². The van der Waals surface area contributed by atoms with Crippen LogP contribution < -0.4 is 14.8 Å². The molecule has 4 aromatic rings. The number of aryl methyl sites for hydroxylation is 1. The first kappa shape index (κ1) is 23.6. The molecule has 0 atom stereocenters. The first-order valence-corrected chi connectivity index (χ1v) is 11.7. The zero-order valence-corrected chi connectivity index (χ0v) is 19.9. The Kier molecular flexibility index (Phi) is 6.95. The highest BCUT2D eigenvalue weighted by Gasteiger charge is 2.18. The van der Waals surface area contributed by atoms with Gasteiger partial charge in [0.1, 0.15) is 5.82 Å². The summed E-state index contributed by atoms with van der Waals surface area (Å²) < 4.78 is 29.5. The normalized spacial score (nSPS) is 12.2. The van der Waals surface area contributed by atoms with Crippen molar-refractivity contribution in [3.63, 3.8) is 0 Å². The molecule has 1 amide bonds. The van der Waals surface area contributed by atoms with E-state index in [0.717, 1.165) is 28.2 Å². The van der Waals surface area contributed by atoms with Gasteiger partial charge in [0.2, 0.25) is 6.79 Å². The van der Waals surface area contributed by atoms with Crippen molar-refractivity contribution in [2.75, 3.05) is 6.79 Å². The molecule has 7 nitrogen and oxygen atoms in total. The van der Waals surface area contributed by atoms with Crippen LogP contribution in [-0.2, 0) is 26.2 Å². The van der Waals surface area contributed by atoms with Crippen LogP contribution in [0.5, 0.6) is 11.5 Å². The number of hydrogen-bond donors (Lipinski definition) is 1. The molecule has 0 unspecified atom stereocenters. The average Bonchev–Trinajstić information content (AvgIpc) is 3.54. The fraction of sp³-hybridized carbons (Fsp3) is 0.214. The number of nitrogens with zero attached hydrogens (tertiary/aromatic N) is 2. The Labute approximate surface area is 208 Å². The van der Waals surface area contributed by atoms with Crippen molar-refractivity contribution < 1.29 is 23.2 Å². The maximum absolute atomic E-state index is 13.1. The lowest BCUT2D eigenvalue weighted by Crippen LogP contribution is -2.23. The van der Waals surface area contributed by atoms with Crippen molar-refractivity contribution in [1.29, 1.82) is 0 Å². The molecule has 36 heavy (non-hydrogen) atoms. The SMILES string of the molecule is Cc1ccc(CN(Cc2ccc3c(c2)OCO3)Cc2cc(C(=O)NCc3ccc(F)cc3)no2)cc1. The molecule has 0 spiro atoms. The number of nitrogens with one attached hydrogen (secondary N) is 1. The van der Waals surface area contributed by atoms with Crippen LogP contribution in [0.4, 0.5) is 4.39 Å². The fourth-order valence-corrected chi connectivity index (χ4v) is 4.01. The van der Waals surface area contributed by atoms with E-state index in [0.29, 0.717) is 25.4 Å². The number of carbonyl (C=O) groups is 1. The predicted octanol–water partition coefficient (Wildman–Crippen LogP) is 4.98. The molecule has 0 aliphatic carbocycles. The zero-order chi connectivity index (χ0) is 24.9. The van der Waals surface area contributed by atoms with Crippen LogP contribution in [0, 0.1) is 12.7 Å². The summed E-state index contributed by atoms with van der Waals surface area (Å²) in [5.41, 5.74) is 4.43. The Hall–Kier alpha value is -4.17. The Morgan fingerprint density at radius 3 is 2.39 bits per heavy atom. The minimum absolute atomic E-state index is 0.200. The number of fused-ring (bicyclic) bond motifs is 1. The second-order valence-corrected chi connectivity index (χ2v) is 8.81. The molecule has 184 valence electrons. The molecule has 0 fully saturated rings. The number of halogens is 1. The number of carbonyl (C=O) groups excluding carboxylic acids is 1. The monoisotopic (exact) mass is 487 g/mol. The number of ether oxygens (including phenoxy) is 2. The van der Waals surface area contributed by atoms with Gasteiger partial charge in [-0.2, -0.15) is 0 Å². The molecular formula is C28H26FN3O4. The molecule has 0 saturated heterocycles.